The molecule has 51 heavy (non-hydrogen) atoms. The molecule has 0 N–H and O–H groups in total. The van der Waals surface area contributed by atoms with Gasteiger partial charge in [0, 0.05) is 16.7 Å². The van der Waals surface area contributed by atoms with E-state index >= 15 is 0 Å². The van der Waals surface area contributed by atoms with E-state index in [0.29, 0.717) is 23.0 Å². The molecule has 0 fully saturated rings. The van der Waals surface area contributed by atoms with E-state index in [2.05, 4.69) is 115 Å². The van der Waals surface area contributed by atoms with Gasteiger partial charge in [0.05, 0.1) is 17.0 Å². The van der Waals surface area contributed by atoms with E-state index in [9.17, 15) is 5.26 Å². The molecule has 0 amide bonds. The quantitative estimate of drug-likeness (QED) is 0.180. The number of benzene rings is 7. The van der Waals surface area contributed by atoms with Gasteiger partial charge in [-0.25, -0.2) is 15.0 Å². The number of nitrogens with zero attached hydrogens (tertiary/aromatic N) is 4. The van der Waals surface area contributed by atoms with Gasteiger partial charge in [0.25, 0.3) is 0 Å². The summed E-state index contributed by atoms with van der Waals surface area (Å²) in [4.78, 5) is 15.3. The second kappa shape index (κ2) is 12.5. The van der Waals surface area contributed by atoms with Crippen LogP contribution in [-0.4, -0.2) is 15.0 Å². The van der Waals surface area contributed by atoms with Gasteiger partial charge >= 0.3 is 0 Å². The fraction of sp³-hybridized carbons (Fsp3) is 0.0213. The summed E-state index contributed by atoms with van der Waals surface area (Å²) in [6.07, 6.45) is 0. The minimum absolute atomic E-state index is 0.533. The van der Waals surface area contributed by atoms with Crippen molar-refractivity contribution < 1.29 is 0 Å². The Morgan fingerprint density at radius 2 is 0.863 bits per heavy atom. The van der Waals surface area contributed by atoms with Gasteiger partial charge in [-0.2, -0.15) is 5.26 Å². The van der Waals surface area contributed by atoms with Crippen LogP contribution in [0, 0.1) is 11.3 Å². The lowest BCUT2D eigenvalue weighted by molar-refractivity contribution is 0.768. The molecule has 0 unspecified atom stereocenters. The number of nitriles is 1. The van der Waals surface area contributed by atoms with E-state index in [1.807, 2.05) is 72.8 Å². The van der Waals surface area contributed by atoms with Crippen LogP contribution in [0.4, 0.5) is 0 Å². The highest BCUT2D eigenvalue weighted by atomic mass is 15.0. The lowest BCUT2D eigenvalue weighted by atomic mass is 9.67. The van der Waals surface area contributed by atoms with Crippen molar-refractivity contribution in [2.75, 3.05) is 0 Å². The van der Waals surface area contributed by atoms with Gasteiger partial charge in [0.1, 0.15) is 0 Å². The highest BCUT2D eigenvalue weighted by Crippen LogP contribution is 2.56. The molecule has 0 saturated carbocycles. The van der Waals surface area contributed by atoms with Crippen molar-refractivity contribution in [2.45, 2.75) is 5.41 Å². The first-order chi connectivity index (χ1) is 25.2. The SMILES string of the molecule is N#Cc1cccc(-c2cccc(-c3nc(-c4ccccc4)nc(-c4ccc5c(c4)C(c4ccccc4)(c4ccccc4)c4ccccc4-5)n3)c2)c1. The highest BCUT2D eigenvalue weighted by Gasteiger charge is 2.46. The van der Waals surface area contributed by atoms with Crippen LogP contribution in [0.5, 0.6) is 0 Å². The average molecular weight is 651 g/mol. The van der Waals surface area contributed by atoms with Gasteiger partial charge in [0.15, 0.2) is 17.5 Å². The molecule has 1 heterocycles. The molecule has 0 radical (unpaired) electrons. The molecule has 7 aromatic carbocycles. The van der Waals surface area contributed by atoms with Crippen LogP contribution < -0.4 is 0 Å². The van der Waals surface area contributed by atoms with E-state index in [1.165, 1.54) is 33.4 Å². The normalized spacial score (nSPS) is 12.5. The highest BCUT2D eigenvalue weighted by molar-refractivity contribution is 5.88. The van der Waals surface area contributed by atoms with Crippen LogP contribution in [-0.2, 0) is 5.41 Å². The van der Waals surface area contributed by atoms with Crippen molar-refractivity contribution in [3.05, 3.63) is 210 Å². The molecule has 0 atom stereocenters. The first-order valence-corrected chi connectivity index (χ1v) is 17.0. The molecule has 4 heteroatoms. The van der Waals surface area contributed by atoms with Crippen LogP contribution in [0.3, 0.4) is 0 Å². The van der Waals surface area contributed by atoms with Gasteiger partial charge in [-0.05, 0) is 68.8 Å². The van der Waals surface area contributed by atoms with Crippen molar-refractivity contribution in [2.24, 2.45) is 0 Å². The third-order valence-electron chi connectivity index (χ3n) is 9.83. The first kappa shape index (κ1) is 30.1. The maximum absolute atomic E-state index is 9.51. The van der Waals surface area contributed by atoms with E-state index in [4.69, 9.17) is 15.0 Å². The summed E-state index contributed by atoms with van der Waals surface area (Å²) in [6.45, 7) is 0. The number of aromatic nitrogens is 3. The molecular weight excluding hydrogens is 621 g/mol. The first-order valence-electron chi connectivity index (χ1n) is 17.0. The number of fused-ring (bicyclic) bond motifs is 3. The third-order valence-corrected chi connectivity index (χ3v) is 9.83. The van der Waals surface area contributed by atoms with Gasteiger partial charge < -0.3 is 0 Å². The Kier molecular flexibility index (Phi) is 7.38. The summed E-state index contributed by atoms with van der Waals surface area (Å²) in [5.74, 6) is 1.79. The third kappa shape index (κ3) is 5.12. The molecule has 0 aliphatic heterocycles. The van der Waals surface area contributed by atoms with Crippen LogP contribution in [0.15, 0.2) is 182 Å². The zero-order chi connectivity index (χ0) is 34.2. The Hall–Kier alpha value is -6.96. The van der Waals surface area contributed by atoms with Gasteiger partial charge in [-0.1, -0.05) is 158 Å². The molecule has 1 aliphatic rings. The molecule has 9 rings (SSSR count). The maximum Gasteiger partial charge on any atom is 0.164 e. The zero-order valence-electron chi connectivity index (χ0n) is 27.6. The summed E-state index contributed by atoms with van der Waals surface area (Å²) in [6, 6.07) is 65.1. The second-order valence-electron chi connectivity index (χ2n) is 12.7. The molecule has 1 aliphatic carbocycles. The number of rotatable bonds is 6. The molecule has 0 spiro atoms. The Labute approximate surface area is 297 Å². The summed E-state index contributed by atoms with van der Waals surface area (Å²) in [5.41, 5.74) is 12.0. The summed E-state index contributed by atoms with van der Waals surface area (Å²) in [7, 11) is 0. The molecular formula is C47H30N4. The number of hydrogen-bond acceptors (Lipinski definition) is 4. The van der Waals surface area contributed by atoms with Crippen LogP contribution in [0.1, 0.15) is 27.8 Å². The second-order valence-corrected chi connectivity index (χ2v) is 12.7. The minimum Gasteiger partial charge on any atom is -0.208 e. The molecule has 238 valence electrons. The predicted molar refractivity (Wildman–Crippen MR) is 204 cm³/mol. The van der Waals surface area contributed by atoms with E-state index in [1.54, 1.807) is 0 Å². The fourth-order valence-electron chi connectivity index (χ4n) is 7.54. The van der Waals surface area contributed by atoms with Crippen molar-refractivity contribution >= 4 is 0 Å². The smallest absolute Gasteiger partial charge is 0.164 e. The summed E-state index contributed by atoms with van der Waals surface area (Å²) in [5, 5.41) is 9.51. The minimum atomic E-state index is -0.533. The lowest BCUT2D eigenvalue weighted by Crippen LogP contribution is -2.28. The largest absolute Gasteiger partial charge is 0.208 e. The Bertz CT molecular complexity index is 2550. The van der Waals surface area contributed by atoms with Crippen molar-refractivity contribution in [3.63, 3.8) is 0 Å². The van der Waals surface area contributed by atoms with Crippen LogP contribution in [0.25, 0.3) is 56.4 Å². The Balaban J connectivity index is 1.26. The molecule has 1 aromatic heterocycles. The van der Waals surface area contributed by atoms with E-state index < -0.39 is 5.41 Å². The van der Waals surface area contributed by atoms with Gasteiger partial charge in [0.2, 0.25) is 0 Å². The topological polar surface area (TPSA) is 62.5 Å². The van der Waals surface area contributed by atoms with Gasteiger partial charge in [-0.15, -0.1) is 0 Å². The monoisotopic (exact) mass is 650 g/mol. The summed E-state index contributed by atoms with van der Waals surface area (Å²) >= 11 is 0. The molecule has 0 bridgehead atoms. The Morgan fingerprint density at radius 1 is 0.373 bits per heavy atom. The average Bonchev–Trinajstić information content (AvgIpc) is 3.52. The molecule has 4 nitrogen and oxygen atoms in total. The number of hydrogen-bond donors (Lipinski definition) is 0. The van der Waals surface area contributed by atoms with Crippen LogP contribution in [0.2, 0.25) is 0 Å². The van der Waals surface area contributed by atoms with Crippen LogP contribution >= 0.6 is 0 Å². The van der Waals surface area contributed by atoms with Crippen molar-refractivity contribution in [1.82, 2.24) is 15.0 Å². The predicted octanol–water partition coefficient (Wildman–Crippen LogP) is 10.8. The molecule has 8 aromatic rings. The zero-order valence-corrected chi connectivity index (χ0v) is 27.6. The van der Waals surface area contributed by atoms with Crippen molar-refractivity contribution in [1.29, 1.82) is 5.26 Å². The standard InChI is InChI=1S/C47H30N4/c48-31-32-14-12-17-34(28-32)35-18-13-19-36(29-35)45-49-44(33-15-4-1-5-16-33)50-46(51-45)37-26-27-41-40-24-10-11-25-42(40)47(43(41)30-37,38-20-6-2-7-21-38)39-22-8-3-9-23-39/h1-30H. The maximum atomic E-state index is 9.51. The van der Waals surface area contributed by atoms with E-state index in [0.717, 1.165) is 27.8 Å². The fourth-order valence-corrected chi connectivity index (χ4v) is 7.54. The van der Waals surface area contributed by atoms with E-state index in [-0.39, 0.29) is 0 Å². The van der Waals surface area contributed by atoms with Crippen molar-refractivity contribution in [3.8, 4) is 62.5 Å². The Morgan fingerprint density at radius 3 is 1.53 bits per heavy atom. The van der Waals surface area contributed by atoms with Gasteiger partial charge in [-0.3, -0.25) is 0 Å². The lowest BCUT2D eigenvalue weighted by Gasteiger charge is -2.34. The molecule has 0 saturated heterocycles. The summed E-state index contributed by atoms with van der Waals surface area (Å²) < 4.78 is 0.